The van der Waals surface area contributed by atoms with E-state index in [0.29, 0.717) is 48.1 Å². The Morgan fingerprint density at radius 2 is 1.50 bits per heavy atom. The molecule has 9 heteroatoms. The molecule has 4 saturated carbocycles. The van der Waals surface area contributed by atoms with Crippen molar-refractivity contribution < 1.29 is 14.6 Å². The van der Waals surface area contributed by atoms with Gasteiger partial charge in [0.15, 0.2) is 0 Å². The van der Waals surface area contributed by atoms with E-state index in [4.69, 9.17) is 10.5 Å². The molecule has 44 heavy (non-hydrogen) atoms. The summed E-state index contributed by atoms with van der Waals surface area (Å²) in [5, 5.41) is 29.6. The second-order valence-corrected chi connectivity index (χ2v) is 15.3. The van der Waals surface area contributed by atoms with Crippen LogP contribution in [0.15, 0.2) is 0 Å². The number of nitrogens with one attached hydrogen (secondary N) is 5. The molecule has 9 nitrogen and oxygen atoms in total. The van der Waals surface area contributed by atoms with Crippen LogP contribution in [0, 0.1) is 46.3 Å². The standard InChI is InChI=1S/C35H68N6O3/c1-25(5-10-33(43)44-4)29-8-9-30-28-7-6-26-23-27(11-12-34(26,2)31(28)24-32(42)35(29,30)3)41-22-21-40-20-19-39-18-17-38-16-15-37-14-13-36/h25-32,37-42H,5-24,36H2,1-4H3/t25-,26?,27+,28?,29?,30?,31?,32+,34+,35-/m1/s1. The molecule has 0 aromatic rings. The largest absolute Gasteiger partial charge is 0.469 e. The number of carbonyl (C=O) groups is 1. The van der Waals surface area contributed by atoms with Crippen LogP contribution in [0.4, 0.5) is 0 Å². The Kier molecular flexibility index (Phi) is 14.2. The van der Waals surface area contributed by atoms with E-state index in [1.807, 2.05) is 0 Å². The molecule has 8 N–H and O–H groups in total. The van der Waals surface area contributed by atoms with Gasteiger partial charge in [0.25, 0.3) is 0 Å². The maximum atomic E-state index is 11.8. The van der Waals surface area contributed by atoms with E-state index in [9.17, 15) is 9.90 Å². The minimum Gasteiger partial charge on any atom is -0.469 e. The number of esters is 1. The highest BCUT2D eigenvalue weighted by Crippen LogP contribution is 2.68. The van der Waals surface area contributed by atoms with Crippen molar-refractivity contribution in [3.8, 4) is 0 Å². The number of carbonyl (C=O) groups excluding carboxylic acids is 1. The Hall–Kier alpha value is -0.810. The number of ether oxygens (including phenoxy) is 1. The second-order valence-electron chi connectivity index (χ2n) is 15.3. The molecule has 4 rings (SSSR count). The van der Waals surface area contributed by atoms with E-state index in [0.717, 1.165) is 83.6 Å². The quantitative estimate of drug-likeness (QED) is 0.0860. The fourth-order valence-corrected chi connectivity index (χ4v) is 10.5. The van der Waals surface area contributed by atoms with Crippen molar-refractivity contribution in [2.24, 2.45) is 52.1 Å². The van der Waals surface area contributed by atoms with Crippen molar-refractivity contribution in [2.75, 3.05) is 72.6 Å². The lowest BCUT2D eigenvalue weighted by Crippen LogP contribution is -2.59. The third kappa shape index (κ3) is 8.55. The zero-order chi connectivity index (χ0) is 31.6. The van der Waals surface area contributed by atoms with Gasteiger partial charge in [0, 0.05) is 77.9 Å². The molecule has 0 aromatic carbocycles. The topological polar surface area (TPSA) is 133 Å². The molecular formula is C35H68N6O3. The Bertz CT molecular complexity index is 864. The molecule has 10 atom stereocenters. The average molecular weight is 621 g/mol. The smallest absolute Gasteiger partial charge is 0.305 e. The first kappa shape index (κ1) is 36.0. The molecular weight excluding hydrogens is 552 g/mol. The molecule has 0 saturated heterocycles. The van der Waals surface area contributed by atoms with Crippen LogP contribution >= 0.6 is 0 Å². The number of hydrogen-bond donors (Lipinski definition) is 7. The predicted molar refractivity (Wildman–Crippen MR) is 179 cm³/mol. The molecule has 0 heterocycles. The number of aliphatic hydroxyl groups is 1. The van der Waals surface area contributed by atoms with Gasteiger partial charge in [-0.25, -0.2) is 0 Å². The maximum absolute atomic E-state index is 11.8. The van der Waals surface area contributed by atoms with Crippen molar-refractivity contribution in [1.82, 2.24) is 26.6 Å². The SMILES string of the molecule is COC(=O)CC[C@@H](C)C1CCC2C3CCC4C[C@@H](NCCNCCNCCNCCNCCN)CC[C@]4(C)C3C[C@H](O)[C@@]21C. The highest BCUT2D eigenvalue weighted by atomic mass is 16.5. The first-order chi connectivity index (χ1) is 21.3. The summed E-state index contributed by atoms with van der Waals surface area (Å²) in [6.45, 7) is 16.9. The summed E-state index contributed by atoms with van der Waals surface area (Å²) in [4.78, 5) is 11.8. The van der Waals surface area contributed by atoms with Gasteiger partial charge in [-0.15, -0.1) is 0 Å². The van der Waals surface area contributed by atoms with Gasteiger partial charge >= 0.3 is 5.97 Å². The highest BCUT2D eigenvalue weighted by molar-refractivity contribution is 5.69. The summed E-state index contributed by atoms with van der Waals surface area (Å²) in [7, 11) is 1.48. The molecule has 5 unspecified atom stereocenters. The Labute approximate surface area is 268 Å². The molecule has 0 radical (unpaired) electrons. The summed E-state index contributed by atoms with van der Waals surface area (Å²) in [6, 6.07) is 0.625. The van der Waals surface area contributed by atoms with E-state index in [1.165, 1.54) is 52.1 Å². The average Bonchev–Trinajstić information content (AvgIpc) is 3.39. The van der Waals surface area contributed by atoms with Crippen molar-refractivity contribution in [3.05, 3.63) is 0 Å². The first-order valence-electron chi connectivity index (χ1n) is 18.3. The first-order valence-corrected chi connectivity index (χ1v) is 18.3. The van der Waals surface area contributed by atoms with Crippen LogP contribution < -0.4 is 32.3 Å². The molecule has 4 aliphatic rings. The van der Waals surface area contributed by atoms with Crippen molar-refractivity contribution in [2.45, 2.75) is 97.1 Å². The monoisotopic (exact) mass is 621 g/mol. The van der Waals surface area contributed by atoms with Crippen molar-refractivity contribution in [3.63, 3.8) is 0 Å². The Morgan fingerprint density at radius 3 is 2.14 bits per heavy atom. The van der Waals surface area contributed by atoms with Crippen LogP contribution in [0.2, 0.25) is 0 Å². The Morgan fingerprint density at radius 1 is 0.864 bits per heavy atom. The van der Waals surface area contributed by atoms with Gasteiger partial charge in [0.05, 0.1) is 13.2 Å². The molecule has 0 amide bonds. The van der Waals surface area contributed by atoms with Gasteiger partial charge in [0.1, 0.15) is 0 Å². The third-order valence-electron chi connectivity index (χ3n) is 13.1. The van der Waals surface area contributed by atoms with Gasteiger partial charge in [0.2, 0.25) is 0 Å². The molecule has 4 aliphatic carbocycles. The van der Waals surface area contributed by atoms with Crippen LogP contribution in [-0.4, -0.2) is 95.8 Å². The van der Waals surface area contributed by atoms with E-state index < -0.39 is 0 Å². The Balaban J connectivity index is 1.15. The lowest BCUT2D eigenvalue weighted by molar-refractivity contribution is -0.170. The van der Waals surface area contributed by atoms with E-state index >= 15 is 0 Å². The number of fused-ring (bicyclic) bond motifs is 5. The van der Waals surface area contributed by atoms with Crippen LogP contribution in [0.1, 0.15) is 85.0 Å². The minimum absolute atomic E-state index is 0.0137. The number of hydrogen-bond acceptors (Lipinski definition) is 9. The molecule has 0 aliphatic heterocycles. The molecule has 0 aromatic heterocycles. The molecule has 4 fully saturated rings. The predicted octanol–water partition coefficient (Wildman–Crippen LogP) is 2.48. The number of rotatable bonds is 19. The molecule has 0 spiro atoms. The van der Waals surface area contributed by atoms with Crippen LogP contribution in [-0.2, 0) is 9.53 Å². The number of methoxy groups -OCH3 is 1. The summed E-state index contributed by atoms with van der Waals surface area (Å²) in [6.07, 6.45) is 11.1. The van der Waals surface area contributed by atoms with Crippen LogP contribution in [0.25, 0.3) is 0 Å². The van der Waals surface area contributed by atoms with Gasteiger partial charge in [-0.1, -0.05) is 20.8 Å². The van der Waals surface area contributed by atoms with Crippen LogP contribution in [0.3, 0.4) is 0 Å². The summed E-state index contributed by atoms with van der Waals surface area (Å²) >= 11 is 0. The van der Waals surface area contributed by atoms with Gasteiger partial charge < -0.3 is 42.2 Å². The number of nitrogens with two attached hydrogens (primary N) is 1. The van der Waals surface area contributed by atoms with Crippen molar-refractivity contribution >= 4 is 5.97 Å². The zero-order valence-corrected chi connectivity index (χ0v) is 28.6. The fourth-order valence-electron chi connectivity index (χ4n) is 10.5. The van der Waals surface area contributed by atoms with E-state index in [1.54, 1.807) is 0 Å². The fraction of sp³-hybridized carbons (Fsp3) is 0.971. The zero-order valence-electron chi connectivity index (χ0n) is 28.6. The third-order valence-corrected chi connectivity index (χ3v) is 13.1. The molecule has 0 bridgehead atoms. The van der Waals surface area contributed by atoms with Gasteiger partial charge in [-0.05, 0) is 104 Å². The summed E-state index contributed by atoms with van der Waals surface area (Å²) in [5.41, 5.74) is 5.82. The lowest BCUT2D eigenvalue weighted by Gasteiger charge is -2.62. The van der Waals surface area contributed by atoms with E-state index in [2.05, 4.69) is 47.4 Å². The summed E-state index contributed by atoms with van der Waals surface area (Å²) in [5.74, 6) is 3.62. The lowest BCUT2D eigenvalue weighted by atomic mass is 9.43. The van der Waals surface area contributed by atoms with Gasteiger partial charge in [-0.3, -0.25) is 4.79 Å². The normalized spacial score (nSPS) is 37.2. The van der Waals surface area contributed by atoms with Crippen molar-refractivity contribution in [1.29, 1.82) is 0 Å². The second kappa shape index (κ2) is 17.4. The van der Waals surface area contributed by atoms with E-state index in [-0.39, 0.29) is 17.5 Å². The maximum Gasteiger partial charge on any atom is 0.305 e. The van der Waals surface area contributed by atoms with Crippen LogP contribution in [0.5, 0.6) is 0 Å². The summed E-state index contributed by atoms with van der Waals surface area (Å²) < 4.78 is 4.92. The number of aliphatic hydroxyl groups excluding tert-OH is 1. The minimum atomic E-state index is -0.228. The molecule has 256 valence electrons. The highest BCUT2D eigenvalue weighted by Gasteiger charge is 2.63. The van der Waals surface area contributed by atoms with Gasteiger partial charge in [-0.2, -0.15) is 0 Å².